The van der Waals surface area contributed by atoms with Gasteiger partial charge in [0, 0.05) is 27.8 Å². The Bertz CT molecular complexity index is 826. The third-order valence-electron chi connectivity index (χ3n) is 5.08. The van der Waals surface area contributed by atoms with E-state index in [0.29, 0.717) is 13.1 Å². The highest BCUT2D eigenvalue weighted by atomic mass is 127. The van der Waals surface area contributed by atoms with Gasteiger partial charge in [0.25, 0.3) is 11.8 Å². The van der Waals surface area contributed by atoms with E-state index in [1.165, 1.54) is 0 Å². The van der Waals surface area contributed by atoms with Crippen LogP contribution in [-0.2, 0) is 0 Å². The van der Waals surface area contributed by atoms with Gasteiger partial charge in [0.2, 0.25) is 0 Å². The molecule has 0 radical (unpaired) electrons. The summed E-state index contributed by atoms with van der Waals surface area (Å²) in [7, 11) is 0. The van der Waals surface area contributed by atoms with Crippen LogP contribution in [-0.4, -0.2) is 24.9 Å². The van der Waals surface area contributed by atoms with Gasteiger partial charge in [-0.3, -0.25) is 9.59 Å². The van der Waals surface area contributed by atoms with Crippen LogP contribution in [0.2, 0.25) is 0 Å². The van der Waals surface area contributed by atoms with Gasteiger partial charge in [-0.25, -0.2) is 0 Å². The summed E-state index contributed by atoms with van der Waals surface area (Å²) < 4.78 is 1.12. The van der Waals surface area contributed by atoms with Crippen molar-refractivity contribution in [2.75, 3.05) is 13.1 Å². The molecular formula is C24H31IN2O2. The maximum Gasteiger partial charge on any atom is 0.251 e. The van der Waals surface area contributed by atoms with E-state index in [4.69, 9.17) is 0 Å². The normalized spacial score (nSPS) is 11.3. The molecule has 0 saturated heterocycles. The minimum Gasteiger partial charge on any atom is -0.351 e. The predicted molar refractivity (Wildman–Crippen MR) is 128 cm³/mol. The first-order valence-electron chi connectivity index (χ1n) is 9.82. The third kappa shape index (κ3) is 6.04. The molecule has 2 rings (SSSR count). The summed E-state index contributed by atoms with van der Waals surface area (Å²) in [5, 5.41) is 6.08. The van der Waals surface area contributed by atoms with Crippen molar-refractivity contribution in [3.63, 3.8) is 0 Å². The minimum absolute atomic E-state index is 0.0660. The molecule has 0 saturated carbocycles. The number of hydrogen-bond acceptors (Lipinski definition) is 2. The van der Waals surface area contributed by atoms with Crippen LogP contribution in [0.4, 0.5) is 0 Å². The SMILES string of the molecule is Cc1cc(C)c(C(=O)NCC(C)(C)CNC(=O)c2c(C)cc(I)cc2C)c(C)c1. The fourth-order valence-corrected chi connectivity index (χ4v) is 4.62. The molecule has 0 aliphatic carbocycles. The summed E-state index contributed by atoms with van der Waals surface area (Å²) in [6, 6.07) is 8.08. The lowest BCUT2D eigenvalue weighted by Crippen LogP contribution is -2.42. The molecule has 0 aromatic heterocycles. The van der Waals surface area contributed by atoms with E-state index in [-0.39, 0.29) is 17.2 Å². The number of aryl methyl sites for hydroxylation is 5. The number of amides is 2. The second-order valence-electron chi connectivity index (χ2n) is 8.72. The van der Waals surface area contributed by atoms with Crippen LogP contribution < -0.4 is 10.6 Å². The number of carbonyl (C=O) groups excluding carboxylic acids is 2. The van der Waals surface area contributed by atoms with Crippen LogP contribution in [0.1, 0.15) is 62.4 Å². The first-order chi connectivity index (χ1) is 13.4. The Balaban J connectivity index is 2.00. The average molecular weight is 506 g/mol. The lowest BCUT2D eigenvalue weighted by molar-refractivity contribution is 0.0919. The maximum atomic E-state index is 12.7. The molecule has 0 aliphatic rings. The van der Waals surface area contributed by atoms with E-state index in [1.54, 1.807) is 0 Å². The van der Waals surface area contributed by atoms with Crippen LogP contribution >= 0.6 is 22.6 Å². The Hall–Kier alpha value is -1.89. The molecule has 2 N–H and O–H groups in total. The molecule has 0 fully saturated rings. The summed E-state index contributed by atoms with van der Waals surface area (Å²) in [5.74, 6) is -0.134. The molecule has 5 heteroatoms. The highest BCUT2D eigenvalue weighted by Crippen LogP contribution is 2.20. The first-order valence-corrected chi connectivity index (χ1v) is 10.9. The highest BCUT2D eigenvalue weighted by molar-refractivity contribution is 14.1. The first kappa shape index (κ1) is 23.4. The molecular weight excluding hydrogens is 475 g/mol. The van der Waals surface area contributed by atoms with Gasteiger partial charge in [0.05, 0.1) is 0 Å². The lowest BCUT2D eigenvalue weighted by Gasteiger charge is -2.26. The lowest BCUT2D eigenvalue weighted by atomic mass is 9.92. The Labute approximate surface area is 188 Å². The topological polar surface area (TPSA) is 58.2 Å². The number of rotatable bonds is 6. The molecule has 0 atom stereocenters. The highest BCUT2D eigenvalue weighted by Gasteiger charge is 2.23. The van der Waals surface area contributed by atoms with Crippen molar-refractivity contribution in [2.45, 2.75) is 48.5 Å². The standard InChI is InChI=1S/C24H31IN2O2/c1-14-8-15(2)20(16(3)9-14)22(28)26-12-24(6,7)13-27-23(29)21-17(4)10-19(25)11-18(21)5/h8-11H,12-13H2,1-7H3,(H,26,28)(H,27,29). The van der Waals surface area contributed by atoms with Crippen molar-refractivity contribution in [1.82, 2.24) is 10.6 Å². The smallest absolute Gasteiger partial charge is 0.251 e. The molecule has 2 aromatic rings. The van der Waals surface area contributed by atoms with E-state index >= 15 is 0 Å². The predicted octanol–water partition coefficient (Wildman–Crippen LogP) is 5.02. The fraction of sp³-hybridized carbons (Fsp3) is 0.417. The second kappa shape index (κ2) is 9.28. The van der Waals surface area contributed by atoms with E-state index < -0.39 is 0 Å². The number of carbonyl (C=O) groups is 2. The quantitative estimate of drug-likeness (QED) is 0.541. The summed E-state index contributed by atoms with van der Waals surface area (Å²) in [5.41, 5.74) is 6.26. The van der Waals surface area contributed by atoms with Crippen molar-refractivity contribution in [3.8, 4) is 0 Å². The zero-order chi connectivity index (χ0) is 21.9. The van der Waals surface area contributed by atoms with Gasteiger partial charge < -0.3 is 10.6 Å². The maximum absolute atomic E-state index is 12.7. The van der Waals surface area contributed by atoms with Gasteiger partial charge in [-0.1, -0.05) is 31.5 Å². The summed E-state index contributed by atoms with van der Waals surface area (Å²) in [6.45, 7) is 14.9. The van der Waals surface area contributed by atoms with Gasteiger partial charge in [-0.2, -0.15) is 0 Å². The van der Waals surface area contributed by atoms with E-state index in [2.05, 4.69) is 33.2 Å². The third-order valence-corrected chi connectivity index (χ3v) is 5.71. The van der Waals surface area contributed by atoms with Crippen LogP contribution in [0.15, 0.2) is 24.3 Å². The molecule has 29 heavy (non-hydrogen) atoms. The molecule has 2 aromatic carbocycles. The second-order valence-corrected chi connectivity index (χ2v) is 9.96. The molecule has 0 unspecified atom stereocenters. The van der Waals surface area contributed by atoms with Gasteiger partial charge in [0.15, 0.2) is 0 Å². The van der Waals surface area contributed by atoms with Gasteiger partial charge in [0.1, 0.15) is 0 Å². The molecule has 0 heterocycles. The molecule has 0 bridgehead atoms. The summed E-state index contributed by atoms with van der Waals surface area (Å²) >= 11 is 2.26. The van der Waals surface area contributed by atoms with Crippen molar-refractivity contribution < 1.29 is 9.59 Å². The number of halogens is 1. The number of benzene rings is 2. The summed E-state index contributed by atoms with van der Waals surface area (Å²) in [4.78, 5) is 25.5. The number of hydrogen-bond donors (Lipinski definition) is 2. The van der Waals surface area contributed by atoms with Crippen molar-refractivity contribution in [3.05, 3.63) is 66.8 Å². The van der Waals surface area contributed by atoms with Crippen LogP contribution in [0.25, 0.3) is 0 Å². The van der Waals surface area contributed by atoms with Gasteiger partial charge >= 0.3 is 0 Å². The number of nitrogens with one attached hydrogen (secondary N) is 2. The molecule has 0 aliphatic heterocycles. The Morgan fingerprint density at radius 1 is 0.759 bits per heavy atom. The molecule has 0 spiro atoms. The van der Waals surface area contributed by atoms with Crippen LogP contribution in [0, 0.1) is 43.6 Å². The van der Waals surface area contributed by atoms with E-state index in [0.717, 1.165) is 42.5 Å². The Morgan fingerprint density at radius 3 is 1.48 bits per heavy atom. The van der Waals surface area contributed by atoms with Crippen molar-refractivity contribution >= 4 is 34.4 Å². The van der Waals surface area contributed by atoms with Crippen LogP contribution in [0.5, 0.6) is 0 Å². The Kier molecular flexibility index (Phi) is 7.49. The monoisotopic (exact) mass is 506 g/mol. The molecule has 156 valence electrons. The van der Waals surface area contributed by atoms with Gasteiger partial charge in [-0.15, -0.1) is 0 Å². The van der Waals surface area contributed by atoms with E-state index in [1.807, 2.05) is 72.7 Å². The minimum atomic E-state index is -0.275. The van der Waals surface area contributed by atoms with Crippen molar-refractivity contribution in [2.24, 2.45) is 5.41 Å². The molecule has 2 amide bonds. The largest absolute Gasteiger partial charge is 0.351 e. The molecule has 4 nitrogen and oxygen atoms in total. The fourth-order valence-electron chi connectivity index (χ4n) is 3.69. The zero-order valence-corrected chi connectivity index (χ0v) is 20.6. The average Bonchev–Trinajstić information content (AvgIpc) is 2.56. The van der Waals surface area contributed by atoms with Gasteiger partial charge in [-0.05, 0) is 97.0 Å². The zero-order valence-electron chi connectivity index (χ0n) is 18.4. The Morgan fingerprint density at radius 2 is 1.10 bits per heavy atom. The summed E-state index contributed by atoms with van der Waals surface area (Å²) in [6.07, 6.45) is 0. The van der Waals surface area contributed by atoms with Crippen molar-refractivity contribution in [1.29, 1.82) is 0 Å². The van der Waals surface area contributed by atoms with Crippen LogP contribution in [0.3, 0.4) is 0 Å². The van der Waals surface area contributed by atoms with E-state index in [9.17, 15) is 9.59 Å².